The first-order chi connectivity index (χ1) is 8.77. The van der Waals surface area contributed by atoms with Crippen LogP contribution < -0.4 is 9.47 Å². The van der Waals surface area contributed by atoms with Crippen LogP contribution in [0.4, 0.5) is 0 Å². The predicted molar refractivity (Wildman–Crippen MR) is 70.2 cm³/mol. The Morgan fingerprint density at radius 1 is 1.22 bits per heavy atom. The number of halogens is 1. The number of aromatic nitrogens is 2. The maximum Gasteiger partial charge on any atom is 0.180 e. The molecular weight excluding hydrogens is 252 g/mol. The van der Waals surface area contributed by atoms with E-state index in [-0.39, 0.29) is 0 Å². The van der Waals surface area contributed by atoms with Crippen LogP contribution in [-0.2, 0) is 0 Å². The van der Waals surface area contributed by atoms with Crippen molar-refractivity contribution < 1.29 is 9.47 Å². The van der Waals surface area contributed by atoms with Gasteiger partial charge in [-0.3, -0.25) is 0 Å². The van der Waals surface area contributed by atoms with Gasteiger partial charge in [0.15, 0.2) is 17.3 Å². The van der Waals surface area contributed by atoms with Crippen molar-refractivity contribution in [2.45, 2.75) is 6.92 Å². The van der Waals surface area contributed by atoms with Crippen LogP contribution >= 0.6 is 11.6 Å². The van der Waals surface area contributed by atoms with Gasteiger partial charge < -0.3 is 9.47 Å². The summed E-state index contributed by atoms with van der Waals surface area (Å²) in [4.78, 5) is 8.34. The van der Waals surface area contributed by atoms with E-state index < -0.39 is 0 Å². The van der Waals surface area contributed by atoms with Gasteiger partial charge in [-0.1, -0.05) is 11.6 Å². The minimum Gasteiger partial charge on any atom is -0.491 e. The molecule has 0 fully saturated rings. The van der Waals surface area contributed by atoms with E-state index in [9.17, 15) is 0 Å². The molecule has 1 aromatic heterocycles. The molecule has 2 aromatic rings. The second-order valence-corrected chi connectivity index (χ2v) is 3.84. The van der Waals surface area contributed by atoms with Crippen molar-refractivity contribution >= 4 is 11.6 Å². The summed E-state index contributed by atoms with van der Waals surface area (Å²) in [6.45, 7) is 2.45. The number of benzene rings is 1. The number of hydrogen-bond donors (Lipinski definition) is 0. The van der Waals surface area contributed by atoms with Crippen molar-refractivity contribution in [2.24, 2.45) is 0 Å². The zero-order chi connectivity index (χ0) is 13.0. The maximum absolute atomic E-state index is 6.30. The first-order valence-corrected chi connectivity index (χ1v) is 5.92. The number of methoxy groups -OCH3 is 1. The Labute approximate surface area is 111 Å². The van der Waals surface area contributed by atoms with Crippen LogP contribution in [0.25, 0.3) is 11.4 Å². The Kier molecular flexibility index (Phi) is 3.99. The van der Waals surface area contributed by atoms with E-state index in [1.807, 2.05) is 13.0 Å². The molecule has 1 aromatic carbocycles. The summed E-state index contributed by atoms with van der Waals surface area (Å²) in [5.41, 5.74) is 0.720. The molecule has 1 heterocycles. The van der Waals surface area contributed by atoms with Gasteiger partial charge in [0, 0.05) is 18.0 Å². The van der Waals surface area contributed by atoms with Crippen molar-refractivity contribution in [2.75, 3.05) is 13.7 Å². The van der Waals surface area contributed by atoms with Crippen molar-refractivity contribution in [1.82, 2.24) is 9.97 Å². The largest absolute Gasteiger partial charge is 0.491 e. The maximum atomic E-state index is 6.30. The van der Waals surface area contributed by atoms with Gasteiger partial charge in [0.25, 0.3) is 0 Å². The highest BCUT2D eigenvalue weighted by Crippen LogP contribution is 2.40. The third-order valence-corrected chi connectivity index (χ3v) is 2.75. The molecule has 5 heteroatoms. The van der Waals surface area contributed by atoms with Crippen LogP contribution in [0, 0.1) is 0 Å². The van der Waals surface area contributed by atoms with Crippen LogP contribution in [-0.4, -0.2) is 23.7 Å². The topological polar surface area (TPSA) is 44.2 Å². The quantitative estimate of drug-likeness (QED) is 0.851. The minimum absolute atomic E-state index is 0.453. The van der Waals surface area contributed by atoms with Gasteiger partial charge in [-0.05, 0) is 25.1 Å². The molecular formula is C13H13ClN2O2. The summed E-state index contributed by atoms with van der Waals surface area (Å²) in [6, 6.07) is 5.38. The van der Waals surface area contributed by atoms with E-state index in [2.05, 4.69) is 9.97 Å². The Balaban J connectivity index is 2.51. The van der Waals surface area contributed by atoms with Gasteiger partial charge in [-0.25, -0.2) is 9.97 Å². The molecule has 2 rings (SSSR count). The monoisotopic (exact) mass is 264 g/mol. The van der Waals surface area contributed by atoms with E-state index >= 15 is 0 Å². The molecule has 0 saturated heterocycles. The lowest BCUT2D eigenvalue weighted by Gasteiger charge is -2.13. The van der Waals surface area contributed by atoms with Crippen LogP contribution in [0.1, 0.15) is 6.92 Å². The number of rotatable bonds is 4. The lowest BCUT2D eigenvalue weighted by molar-refractivity contribution is 0.311. The first-order valence-electron chi connectivity index (χ1n) is 5.54. The van der Waals surface area contributed by atoms with E-state index in [1.54, 1.807) is 31.6 Å². The summed E-state index contributed by atoms with van der Waals surface area (Å²) in [7, 11) is 1.55. The van der Waals surface area contributed by atoms with Crippen molar-refractivity contribution in [3.63, 3.8) is 0 Å². The van der Waals surface area contributed by atoms with Crippen LogP contribution in [0.15, 0.2) is 30.6 Å². The lowest BCUT2D eigenvalue weighted by atomic mass is 10.2. The molecule has 94 valence electrons. The SMILES string of the molecule is CCOc1ccc(-c2ncccn2)c(Cl)c1OC. The average Bonchev–Trinajstić information content (AvgIpc) is 2.40. The smallest absolute Gasteiger partial charge is 0.180 e. The van der Waals surface area contributed by atoms with Crippen molar-refractivity contribution in [3.05, 3.63) is 35.6 Å². The van der Waals surface area contributed by atoms with Gasteiger partial charge in [-0.15, -0.1) is 0 Å². The van der Waals surface area contributed by atoms with Crippen LogP contribution in [0.5, 0.6) is 11.5 Å². The molecule has 0 N–H and O–H groups in total. The lowest BCUT2D eigenvalue weighted by Crippen LogP contribution is -1.97. The summed E-state index contributed by atoms with van der Waals surface area (Å²) in [6.07, 6.45) is 3.34. The van der Waals surface area contributed by atoms with Gasteiger partial charge in [0.2, 0.25) is 0 Å². The summed E-state index contributed by atoms with van der Waals surface area (Å²) < 4.78 is 10.7. The predicted octanol–water partition coefficient (Wildman–Crippen LogP) is 3.20. The standard InChI is InChI=1S/C13H13ClN2O2/c1-3-18-10-6-5-9(11(14)12(10)17-2)13-15-7-4-8-16-13/h4-8H,3H2,1-2H3. The highest BCUT2D eigenvalue weighted by molar-refractivity contribution is 6.35. The van der Waals surface area contributed by atoms with Crippen LogP contribution in [0.3, 0.4) is 0 Å². The third-order valence-electron chi connectivity index (χ3n) is 2.37. The Morgan fingerprint density at radius 3 is 2.56 bits per heavy atom. The van der Waals surface area contributed by atoms with Gasteiger partial charge in [-0.2, -0.15) is 0 Å². The minimum atomic E-state index is 0.453. The zero-order valence-corrected chi connectivity index (χ0v) is 10.9. The molecule has 0 aliphatic rings. The van der Waals surface area contributed by atoms with Crippen LogP contribution in [0.2, 0.25) is 5.02 Å². The fraction of sp³-hybridized carbons (Fsp3) is 0.231. The first kappa shape index (κ1) is 12.6. The highest BCUT2D eigenvalue weighted by atomic mass is 35.5. The second-order valence-electron chi connectivity index (χ2n) is 3.46. The molecule has 18 heavy (non-hydrogen) atoms. The molecule has 0 amide bonds. The van der Waals surface area contributed by atoms with E-state index in [4.69, 9.17) is 21.1 Å². The summed E-state index contributed by atoms with van der Waals surface area (Å²) >= 11 is 6.30. The van der Waals surface area contributed by atoms with E-state index in [1.165, 1.54) is 0 Å². The van der Waals surface area contributed by atoms with Crippen molar-refractivity contribution in [1.29, 1.82) is 0 Å². The zero-order valence-electron chi connectivity index (χ0n) is 10.2. The molecule has 4 nitrogen and oxygen atoms in total. The van der Waals surface area contributed by atoms with Gasteiger partial charge in [0.05, 0.1) is 18.7 Å². The Bertz CT molecular complexity index is 532. The van der Waals surface area contributed by atoms with Gasteiger partial charge in [0.1, 0.15) is 0 Å². The number of hydrogen-bond acceptors (Lipinski definition) is 4. The van der Waals surface area contributed by atoms with Gasteiger partial charge >= 0.3 is 0 Å². The fourth-order valence-corrected chi connectivity index (χ4v) is 1.93. The Morgan fingerprint density at radius 2 is 1.94 bits per heavy atom. The normalized spacial score (nSPS) is 10.2. The van der Waals surface area contributed by atoms with Crippen molar-refractivity contribution in [3.8, 4) is 22.9 Å². The molecule has 0 bridgehead atoms. The number of ether oxygens (including phenoxy) is 2. The summed E-state index contributed by atoms with van der Waals surface area (Å²) in [5.74, 6) is 1.68. The molecule has 0 aliphatic heterocycles. The van der Waals surface area contributed by atoms with E-state index in [0.717, 1.165) is 5.56 Å². The molecule has 0 saturated carbocycles. The summed E-state index contributed by atoms with van der Waals surface area (Å²) in [5, 5.41) is 0.453. The molecule has 0 atom stereocenters. The highest BCUT2D eigenvalue weighted by Gasteiger charge is 2.15. The second kappa shape index (κ2) is 5.69. The molecule has 0 aliphatic carbocycles. The molecule has 0 radical (unpaired) electrons. The van der Waals surface area contributed by atoms with E-state index in [0.29, 0.717) is 29.0 Å². The fourth-order valence-electron chi connectivity index (χ4n) is 1.61. The Hall–Kier alpha value is -1.81. The third kappa shape index (κ3) is 2.38. The molecule has 0 spiro atoms. The average molecular weight is 265 g/mol. The molecule has 0 unspecified atom stereocenters. The number of nitrogens with zero attached hydrogens (tertiary/aromatic N) is 2.